The summed E-state index contributed by atoms with van der Waals surface area (Å²) in [4.78, 5) is 39.6. The molecular formula is C28H27F3N4O6S2. The Morgan fingerprint density at radius 1 is 1.14 bits per heavy atom. The highest BCUT2D eigenvalue weighted by molar-refractivity contribution is 8.18. The van der Waals surface area contributed by atoms with E-state index in [0.29, 0.717) is 42.1 Å². The molecule has 2 fully saturated rings. The number of carbonyl (C=O) groups is 3. The maximum absolute atomic E-state index is 13.7. The number of sulfonamides is 1. The maximum atomic E-state index is 13.7. The molecule has 1 saturated heterocycles. The lowest BCUT2D eigenvalue weighted by Crippen LogP contribution is -2.43. The quantitative estimate of drug-likeness (QED) is 0.367. The Bertz CT molecular complexity index is 1740. The third-order valence-electron chi connectivity index (χ3n) is 7.45. The number of benzene rings is 2. The fourth-order valence-corrected chi connectivity index (χ4v) is 6.81. The van der Waals surface area contributed by atoms with Crippen LogP contribution in [0.15, 0.2) is 47.5 Å². The molecule has 2 heterocycles. The molecule has 1 N–H and O–H groups in total. The van der Waals surface area contributed by atoms with E-state index in [0.717, 1.165) is 24.1 Å². The summed E-state index contributed by atoms with van der Waals surface area (Å²) in [5.41, 5.74) is 0.416. The molecule has 3 amide bonds. The van der Waals surface area contributed by atoms with Gasteiger partial charge in [-0.2, -0.15) is 18.3 Å². The van der Waals surface area contributed by atoms with Crippen LogP contribution in [0.2, 0.25) is 0 Å². The first kappa shape index (κ1) is 30.6. The standard InChI is InChI=1S/C28H27F3N4O6S2/c1-41-21-9-6-18(22(13-21)28(29,30)31)15-34-23-10-3-16(11-19(23)14-32-34)12-24-26(37)35(27(38)42-24)20-7-4-17(5-8-20)25(36)33-43(2,39)40/h3,6,9-14,17,20H,4-5,7-8,15H2,1-2H3,(H,33,36). The van der Waals surface area contributed by atoms with Crippen molar-refractivity contribution < 1.29 is 40.7 Å². The highest BCUT2D eigenvalue weighted by Gasteiger charge is 2.42. The van der Waals surface area contributed by atoms with Gasteiger partial charge >= 0.3 is 6.18 Å². The fourth-order valence-electron chi connectivity index (χ4n) is 5.38. The number of imide groups is 1. The Kier molecular flexibility index (Phi) is 8.31. The number of fused-ring (bicyclic) bond motifs is 1. The zero-order chi connectivity index (χ0) is 31.1. The van der Waals surface area contributed by atoms with Gasteiger partial charge in [0.15, 0.2) is 0 Å². The molecule has 2 aromatic carbocycles. The van der Waals surface area contributed by atoms with Crippen LogP contribution < -0.4 is 9.46 Å². The summed E-state index contributed by atoms with van der Waals surface area (Å²) < 4.78 is 72.1. The van der Waals surface area contributed by atoms with Crippen molar-refractivity contribution in [2.24, 2.45) is 5.92 Å². The van der Waals surface area contributed by atoms with Gasteiger partial charge < -0.3 is 4.74 Å². The van der Waals surface area contributed by atoms with Gasteiger partial charge in [-0.05, 0) is 78.9 Å². The number of nitrogens with zero attached hydrogens (tertiary/aromatic N) is 3. The first-order valence-electron chi connectivity index (χ1n) is 13.2. The summed E-state index contributed by atoms with van der Waals surface area (Å²) in [6.07, 6.45) is 0.873. The molecule has 10 nitrogen and oxygen atoms in total. The van der Waals surface area contributed by atoms with Gasteiger partial charge in [0.1, 0.15) is 5.75 Å². The van der Waals surface area contributed by atoms with Crippen LogP contribution in [0.5, 0.6) is 5.75 Å². The molecule has 2 aliphatic rings. The Morgan fingerprint density at radius 3 is 2.51 bits per heavy atom. The van der Waals surface area contributed by atoms with E-state index in [9.17, 15) is 36.0 Å². The SMILES string of the molecule is COc1ccc(Cn2ncc3cc(C=C4SC(=O)N(C5CCC(C(=O)NS(C)(=O)=O)CC5)C4=O)ccc32)c(C(F)(F)F)c1. The number of ether oxygens (including phenoxy) is 1. The number of aromatic nitrogens is 2. The molecule has 1 aliphatic carbocycles. The third-order valence-corrected chi connectivity index (χ3v) is 8.90. The number of nitrogens with one attached hydrogen (secondary N) is 1. The van der Waals surface area contributed by atoms with E-state index in [4.69, 9.17) is 4.74 Å². The summed E-state index contributed by atoms with van der Waals surface area (Å²) in [5.74, 6) is -1.45. The van der Waals surface area contributed by atoms with E-state index in [1.54, 1.807) is 24.3 Å². The Labute approximate surface area is 249 Å². The van der Waals surface area contributed by atoms with Crippen LogP contribution in [0.1, 0.15) is 42.4 Å². The largest absolute Gasteiger partial charge is 0.497 e. The molecular weight excluding hydrogens is 609 g/mol. The zero-order valence-electron chi connectivity index (χ0n) is 23.1. The fraction of sp³-hybridized carbons (Fsp3) is 0.357. The van der Waals surface area contributed by atoms with Gasteiger partial charge in [0.25, 0.3) is 11.1 Å². The van der Waals surface area contributed by atoms with Crippen molar-refractivity contribution in [1.82, 2.24) is 19.4 Å². The summed E-state index contributed by atoms with van der Waals surface area (Å²) >= 11 is 0.807. The molecule has 1 aliphatic heterocycles. The number of methoxy groups -OCH3 is 1. The lowest BCUT2D eigenvalue weighted by atomic mass is 9.85. The van der Waals surface area contributed by atoms with Crippen molar-refractivity contribution in [2.45, 2.75) is 44.4 Å². The number of thioether (sulfide) groups is 1. The maximum Gasteiger partial charge on any atom is 0.416 e. The molecule has 3 aromatic rings. The van der Waals surface area contributed by atoms with Crippen molar-refractivity contribution in [3.8, 4) is 5.75 Å². The molecule has 0 spiro atoms. The molecule has 1 aromatic heterocycles. The predicted molar refractivity (Wildman–Crippen MR) is 153 cm³/mol. The Balaban J connectivity index is 1.30. The second-order valence-corrected chi connectivity index (χ2v) is 13.2. The molecule has 0 radical (unpaired) electrons. The van der Waals surface area contributed by atoms with Crippen LogP contribution in [0.4, 0.5) is 18.0 Å². The van der Waals surface area contributed by atoms with Gasteiger partial charge in [-0.1, -0.05) is 12.1 Å². The summed E-state index contributed by atoms with van der Waals surface area (Å²) in [7, 11) is -2.37. The molecule has 43 heavy (non-hydrogen) atoms. The average molecular weight is 637 g/mol. The highest BCUT2D eigenvalue weighted by atomic mass is 32.2. The van der Waals surface area contributed by atoms with Crippen molar-refractivity contribution in [3.05, 3.63) is 64.2 Å². The Morgan fingerprint density at radius 2 is 1.86 bits per heavy atom. The highest BCUT2D eigenvalue weighted by Crippen LogP contribution is 2.39. The second-order valence-electron chi connectivity index (χ2n) is 10.4. The monoisotopic (exact) mass is 636 g/mol. The number of alkyl halides is 3. The second kappa shape index (κ2) is 11.7. The van der Waals surface area contributed by atoms with Gasteiger partial charge in [0, 0.05) is 17.3 Å². The van der Waals surface area contributed by atoms with Crippen molar-refractivity contribution in [1.29, 1.82) is 0 Å². The first-order chi connectivity index (χ1) is 20.2. The van der Waals surface area contributed by atoms with E-state index < -0.39 is 50.8 Å². The molecule has 15 heteroatoms. The van der Waals surface area contributed by atoms with Crippen LogP contribution in [0.3, 0.4) is 0 Å². The minimum absolute atomic E-state index is 0.0288. The van der Waals surface area contributed by atoms with Gasteiger partial charge in [0.05, 0.1) is 42.1 Å². The molecule has 0 bridgehead atoms. The first-order valence-corrected chi connectivity index (χ1v) is 15.9. The lowest BCUT2D eigenvalue weighted by molar-refractivity contribution is -0.138. The summed E-state index contributed by atoms with van der Waals surface area (Å²) in [6.45, 7) is -0.126. The minimum atomic E-state index is -4.57. The lowest BCUT2D eigenvalue weighted by Gasteiger charge is -2.32. The topological polar surface area (TPSA) is 128 Å². The number of hydrogen-bond acceptors (Lipinski definition) is 8. The van der Waals surface area contributed by atoms with E-state index in [1.165, 1.54) is 35.0 Å². The van der Waals surface area contributed by atoms with Crippen LogP contribution in [0.25, 0.3) is 17.0 Å². The number of carbonyl (C=O) groups excluding carboxylic acids is 3. The van der Waals surface area contributed by atoms with Crippen molar-refractivity contribution in [2.75, 3.05) is 13.4 Å². The van der Waals surface area contributed by atoms with Gasteiger partial charge in [-0.3, -0.25) is 28.7 Å². The van der Waals surface area contributed by atoms with Crippen molar-refractivity contribution >= 4 is 55.8 Å². The van der Waals surface area contributed by atoms with Crippen LogP contribution >= 0.6 is 11.8 Å². The van der Waals surface area contributed by atoms with Gasteiger partial charge in [0.2, 0.25) is 15.9 Å². The summed E-state index contributed by atoms with van der Waals surface area (Å²) in [6, 6.07) is 8.49. The third kappa shape index (κ3) is 6.72. The van der Waals surface area contributed by atoms with Gasteiger partial charge in [-0.25, -0.2) is 8.42 Å². The Hall–Kier alpha value is -3.85. The van der Waals surface area contributed by atoms with E-state index >= 15 is 0 Å². The molecule has 0 unspecified atom stereocenters. The molecule has 1 saturated carbocycles. The van der Waals surface area contributed by atoms with Crippen LogP contribution in [0, 0.1) is 5.92 Å². The van der Waals surface area contributed by atoms with E-state index in [1.807, 2.05) is 4.72 Å². The number of amides is 3. The van der Waals surface area contributed by atoms with E-state index in [-0.39, 0.29) is 22.8 Å². The minimum Gasteiger partial charge on any atom is -0.497 e. The molecule has 5 rings (SSSR count). The predicted octanol–water partition coefficient (Wildman–Crippen LogP) is 4.78. The van der Waals surface area contributed by atoms with Crippen molar-refractivity contribution in [3.63, 3.8) is 0 Å². The number of halogens is 3. The van der Waals surface area contributed by atoms with Crippen LogP contribution in [-0.2, 0) is 32.3 Å². The summed E-state index contributed by atoms with van der Waals surface area (Å²) in [5, 5.41) is 4.49. The molecule has 228 valence electrons. The number of hydrogen-bond donors (Lipinski definition) is 1. The molecule has 0 atom stereocenters. The normalized spacial score (nSPS) is 20.7. The number of rotatable bonds is 7. The van der Waals surface area contributed by atoms with E-state index in [2.05, 4.69) is 5.10 Å². The van der Waals surface area contributed by atoms with Crippen LogP contribution in [-0.4, -0.2) is 59.6 Å². The van der Waals surface area contributed by atoms with Gasteiger partial charge in [-0.15, -0.1) is 0 Å². The smallest absolute Gasteiger partial charge is 0.416 e. The zero-order valence-corrected chi connectivity index (χ0v) is 24.7. The average Bonchev–Trinajstić information content (AvgIpc) is 3.46.